The van der Waals surface area contributed by atoms with E-state index in [2.05, 4.69) is 6.92 Å². The van der Waals surface area contributed by atoms with E-state index in [0.717, 1.165) is 22.9 Å². The van der Waals surface area contributed by atoms with Gasteiger partial charge in [-0.2, -0.15) is 0 Å². The smallest absolute Gasteiger partial charge is 0.349 e. The standard InChI is InChI=1S/C16H18O5S/c1-16(4-5-16)8-21-13-9-6-10(19-2)11(20-3)7-12(9)22-14(13)15(17)18/h6-7H,4-5,8H2,1-3H3,(H,17,18). The van der Waals surface area contributed by atoms with Gasteiger partial charge in [-0.15, -0.1) is 11.3 Å². The van der Waals surface area contributed by atoms with E-state index in [1.807, 2.05) is 0 Å². The van der Waals surface area contributed by atoms with Crippen molar-refractivity contribution in [2.75, 3.05) is 20.8 Å². The number of fused-ring (bicyclic) bond motifs is 1. The molecule has 0 amide bonds. The number of carboxylic acid groups (broad SMARTS) is 1. The highest BCUT2D eigenvalue weighted by molar-refractivity contribution is 7.21. The zero-order valence-electron chi connectivity index (χ0n) is 12.8. The van der Waals surface area contributed by atoms with Crippen molar-refractivity contribution in [2.45, 2.75) is 19.8 Å². The SMILES string of the molecule is COc1cc2sc(C(=O)O)c(OCC3(C)CC3)c2cc1OC. The maximum absolute atomic E-state index is 11.5. The number of hydrogen-bond donors (Lipinski definition) is 1. The molecule has 1 heterocycles. The zero-order chi connectivity index (χ0) is 15.9. The Hall–Kier alpha value is -1.95. The van der Waals surface area contributed by atoms with Crippen molar-refractivity contribution >= 4 is 27.4 Å². The molecule has 0 atom stereocenters. The molecule has 1 aromatic carbocycles. The van der Waals surface area contributed by atoms with Gasteiger partial charge in [0.05, 0.1) is 20.8 Å². The van der Waals surface area contributed by atoms with Crippen molar-refractivity contribution in [2.24, 2.45) is 5.41 Å². The van der Waals surface area contributed by atoms with Crippen LogP contribution in [0.15, 0.2) is 12.1 Å². The summed E-state index contributed by atoms with van der Waals surface area (Å²) in [6.07, 6.45) is 2.24. The maximum atomic E-state index is 11.5. The predicted molar refractivity (Wildman–Crippen MR) is 84.7 cm³/mol. The van der Waals surface area contributed by atoms with Crippen molar-refractivity contribution in [3.05, 3.63) is 17.0 Å². The van der Waals surface area contributed by atoms with Gasteiger partial charge in [0.1, 0.15) is 0 Å². The summed E-state index contributed by atoms with van der Waals surface area (Å²) < 4.78 is 17.3. The molecular formula is C16H18O5S. The molecule has 0 radical (unpaired) electrons. The van der Waals surface area contributed by atoms with E-state index in [0.29, 0.717) is 23.9 Å². The first kappa shape index (κ1) is 15.0. The van der Waals surface area contributed by atoms with Crippen LogP contribution in [0.5, 0.6) is 17.2 Å². The van der Waals surface area contributed by atoms with Crippen molar-refractivity contribution in [1.82, 2.24) is 0 Å². The van der Waals surface area contributed by atoms with Gasteiger partial charge in [-0.25, -0.2) is 4.79 Å². The molecule has 1 aliphatic rings. The Morgan fingerprint density at radius 2 is 1.91 bits per heavy atom. The van der Waals surface area contributed by atoms with Gasteiger partial charge in [0, 0.05) is 21.6 Å². The number of carboxylic acids is 1. The number of carbonyl (C=O) groups is 1. The monoisotopic (exact) mass is 322 g/mol. The molecule has 2 aromatic rings. The fourth-order valence-electron chi connectivity index (χ4n) is 2.29. The predicted octanol–water partition coefficient (Wildman–Crippen LogP) is 3.80. The molecule has 1 N–H and O–H groups in total. The van der Waals surface area contributed by atoms with E-state index >= 15 is 0 Å². The second-order valence-electron chi connectivity index (χ2n) is 5.87. The first-order chi connectivity index (χ1) is 10.5. The molecule has 1 saturated carbocycles. The van der Waals surface area contributed by atoms with Crippen LogP contribution in [0.2, 0.25) is 0 Å². The summed E-state index contributed by atoms with van der Waals surface area (Å²) in [5, 5.41) is 10.2. The normalized spacial score (nSPS) is 15.6. The number of methoxy groups -OCH3 is 2. The lowest BCUT2D eigenvalue weighted by Gasteiger charge is -2.12. The Balaban J connectivity index is 2.09. The third-order valence-electron chi connectivity index (χ3n) is 4.01. The summed E-state index contributed by atoms with van der Waals surface area (Å²) in [4.78, 5) is 11.7. The summed E-state index contributed by atoms with van der Waals surface area (Å²) >= 11 is 1.19. The Labute approximate surface area is 132 Å². The van der Waals surface area contributed by atoms with Crippen LogP contribution in [0.25, 0.3) is 10.1 Å². The summed E-state index contributed by atoms with van der Waals surface area (Å²) in [6.45, 7) is 2.68. The van der Waals surface area contributed by atoms with Crippen LogP contribution in [0, 0.1) is 5.41 Å². The Kier molecular flexibility index (Phi) is 3.64. The maximum Gasteiger partial charge on any atom is 0.349 e. The van der Waals surface area contributed by atoms with Crippen LogP contribution >= 0.6 is 11.3 Å². The van der Waals surface area contributed by atoms with Crippen LogP contribution in [-0.4, -0.2) is 31.9 Å². The second-order valence-corrected chi connectivity index (χ2v) is 6.92. The van der Waals surface area contributed by atoms with Crippen molar-refractivity contribution in [1.29, 1.82) is 0 Å². The minimum Gasteiger partial charge on any atom is -0.493 e. The van der Waals surface area contributed by atoms with E-state index in [4.69, 9.17) is 14.2 Å². The first-order valence-electron chi connectivity index (χ1n) is 7.02. The number of ether oxygens (including phenoxy) is 3. The number of benzene rings is 1. The number of thiophene rings is 1. The molecule has 1 fully saturated rings. The highest BCUT2D eigenvalue weighted by atomic mass is 32.1. The molecule has 22 heavy (non-hydrogen) atoms. The van der Waals surface area contributed by atoms with Gasteiger partial charge in [0.2, 0.25) is 0 Å². The fourth-order valence-corrected chi connectivity index (χ4v) is 3.29. The van der Waals surface area contributed by atoms with Gasteiger partial charge in [-0.3, -0.25) is 0 Å². The lowest BCUT2D eigenvalue weighted by Crippen LogP contribution is -2.10. The minimum atomic E-state index is -0.977. The Morgan fingerprint density at radius 1 is 1.27 bits per heavy atom. The van der Waals surface area contributed by atoms with E-state index < -0.39 is 5.97 Å². The van der Waals surface area contributed by atoms with Crippen LogP contribution < -0.4 is 14.2 Å². The second kappa shape index (κ2) is 5.35. The van der Waals surface area contributed by atoms with Crippen molar-refractivity contribution in [3.63, 3.8) is 0 Å². The highest BCUT2D eigenvalue weighted by Crippen LogP contribution is 2.48. The topological polar surface area (TPSA) is 65.0 Å². The van der Waals surface area contributed by atoms with Crippen LogP contribution in [0.1, 0.15) is 29.4 Å². The van der Waals surface area contributed by atoms with Gasteiger partial charge in [-0.05, 0) is 18.9 Å². The number of aromatic carboxylic acids is 1. The average Bonchev–Trinajstić information content (AvgIpc) is 3.12. The van der Waals surface area contributed by atoms with Crippen molar-refractivity contribution < 1.29 is 24.1 Å². The average molecular weight is 322 g/mol. The number of rotatable bonds is 6. The molecule has 6 heteroatoms. The molecule has 118 valence electrons. The Morgan fingerprint density at radius 3 is 2.45 bits per heavy atom. The van der Waals surface area contributed by atoms with Crippen LogP contribution in [0.3, 0.4) is 0 Å². The lowest BCUT2D eigenvalue weighted by atomic mass is 10.1. The van der Waals surface area contributed by atoms with Crippen molar-refractivity contribution in [3.8, 4) is 17.2 Å². The van der Waals surface area contributed by atoms with E-state index in [1.165, 1.54) is 11.3 Å². The molecule has 0 saturated heterocycles. The molecule has 0 unspecified atom stereocenters. The quantitative estimate of drug-likeness (QED) is 0.876. The highest BCUT2D eigenvalue weighted by Gasteiger charge is 2.38. The van der Waals surface area contributed by atoms with Gasteiger partial charge >= 0.3 is 5.97 Å². The molecule has 3 rings (SSSR count). The van der Waals surface area contributed by atoms with E-state index in [1.54, 1.807) is 26.4 Å². The fraction of sp³-hybridized carbons (Fsp3) is 0.438. The van der Waals surface area contributed by atoms with Crippen LogP contribution in [-0.2, 0) is 0 Å². The third-order valence-corrected chi connectivity index (χ3v) is 5.13. The van der Waals surface area contributed by atoms with Gasteiger partial charge in [-0.1, -0.05) is 6.92 Å². The molecule has 0 aliphatic heterocycles. The molecule has 1 aliphatic carbocycles. The third kappa shape index (κ3) is 2.59. The van der Waals surface area contributed by atoms with E-state index in [9.17, 15) is 9.90 Å². The molecule has 5 nitrogen and oxygen atoms in total. The first-order valence-corrected chi connectivity index (χ1v) is 7.84. The Bertz CT molecular complexity index is 730. The van der Waals surface area contributed by atoms with Gasteiger partial charge in [0.15, 0.2) is 22.1 Å². The molecular weight excluding hydrogens is 304 g/mol. The summed E-state index contributed by atoms with van der Waals surface area (Å²) in [5.74, 6) is 0.595. The molecule has 0 bridgehead atoms. The molecule has 1 aromatic heterocycles. The summed E-state index contributed by atoms with van der Waals surface area (Å²) in [5.41, 5.74) is 0.181. The largest absolute Gasteiger partial charge is 0.493 e. The zero-order valence-corrected chi connectivity index (χ0v) is 13.6. The summed E-state index contributed by atoms with van der Waals surface area (Å²) in [7, 11) is 3.11. The van der Waals surface area contributed by atoms with Gasteiger partial charge in [0.25, 0.3) is 0 Å². The summed E-state index contributed by atoms with van der Waals surface area (Å²) in [6, 6.07) is 3.57. The van der Waals surface area contributed by atoms with Crippen LogP contribution in [0.4, 0.5) is 0 Å². The number of hydrogen-bond acceptors (Lipinski definition) is 5. The lowest BCUT2D eigenvalue weighted by molar-refractivity contribution is 0.0697. The van der Waals surface area contributed by atoms with Gasteiger partial charge < -0.3 is 19.3 Å². The molecule has 0 spiro atoms. The van der Waals surface area contributed by atoms with E-state index in [-0.39, 0.29) is 10.3 Å². The minimum absolute atomic E-state index is 0.181.